The highest BCUT2D eigenvalue weighted by molar-refractivity contribution is 6.02. The van der Waals surface area contributed by atoms with Crippen molar-refractivity contribution >= 4 is 22.3 Å². The fourth-order valence-corrected chi connectivity index (χ4v) is 3.43. The third kappa shape index (κ3) is 2.18. The first-order valence-corrected chi connectivity index (χ1v) is 8.29. The van der Waals surface area contributed by atoms with Crippen molar-refractivity contribution < 1.29 is 0 Å². The van der Waals surface area contributed by atoms with Crippen molar-refractivity contribution in [3.63, 3.8) is 0 Å². The number of piperidine rings is 1. The molecule has 0 aromatic carbocycles. The number of hydrogen-bond donors (Lipinski definition) is 0. The summed E-state index contributed by atoms with van der Waals surface area (Å²) < 4.78 is 0. The van der Waals surface area contributed by atoms with E-state index in [-0.39, 0.29) is 0 Å². The standard InChI is InChI=1S/C16H18N4.C2H6/c1-9-8-12-14-15(17-9)10(2)13-6-4-5-7-20(13)16(14)19-11(3)18-12;1-2/h8H,4-7H2,1-3H3;1-2H3. The summed E-state index contributed by atoms with van der Waals surface area (Å²) >= 11 is 0. The minimum absolute atomic E-state index is 0.841. The van der Waals surface area contributed by atoms with E-state index in [1.54, 1.807) is 0 Å². The largest absolute Gasteiger partial charge is 0.329 e. The predicted octanol–water partition coefficient (Wildman–Crippen LogP) is 4.40. The molecule has 4 nitrogen and oxygen atoms in total. The fourth-order valence-electron chi connectivity index (χ4n) is 3.43. The summed E-state index contributed by atoms with van der Waals surface area (Å²) in [5.41, 5.74) is 5.85. The van der Waals surface area contributed by atoms with E-state index in [4.69, 9.17) is 9.97 Å². The van der Waals surface area contributed by atoms with Crippen LogP contribution in [-0.4, -0.2) is 21.5 Å². The van der Waals surface area contributed by atoms with Crippen LogP contribution in [0.1, 0.15) is 57.2 Å². The Kier molecular flexibility index (Phi) is 3.85. The molecule has 4 rings (SSSR count). The number of fused-ring (bicyclic) bond motifs is 2. The molecule has 0 bridgehead atoms. The lowest BCUT2D eigenvalue weighted by Crippen LogP contribution is -2.32. The molecule has 0 saturated carbocycles. The Hall–Kier alpha value is -1.97. The van der Waals surface area contributed by atoms with Gasteiger partial charge in [0.2, 0.25) is 0 Å². The monoisotopic (exact) mass is 296 g/mol. The highest BCUT2D eigenvalue weighted by atomic mass is 15.2. The van der Waals surface area contributed by atoms with Crippen LogP contribution in [0.3, 0.4) is 0 Å². The SMILES string of the molecule is CC.CC1=C2CCCCN2c2nc(C)nc3cc(C)nc1c23. The molecule has 0 aliphatic carbocycles. The van der Waals surface area contributed by atoms with Crippen molar-refractivity contribution in [1.29, 1.82) is 0 Å². The van der Waals surface area contributed by atoms with Gasteiger partial charge in [-0.3, -0.25) is 4.98 Å². The second-order valence-corrected chi connectivity index (χ2v) is 5.78. The molecule has 1 saturated heterocycles. The number of allylic oxidation sites excluding steroid dienone is 2. The van der Waals surface area contributed by atoms with Crippen LogP contribution in [0.25, 0.3) is 16.5 Å². The van der Waals surface area contributed by atoms with E-state index in [9.17, 15) is 0 Å². The summed E-state index contributed by atoms with van der Waals surface area (Å²) in [6.45, 7) is 11.3. The normalized spacial score (nSPS) is 16.3. The zero-order valence-corrected chi connectivity index (χ0v) is 14.2. The van der Waals surface area contributed by atoms with E-state index in [1.165, 1.54) is 24.1 Å². The first-order valence-electron chi connectivity index (χ1n) is 8.29. The van der Waals surface area contributed by atoms with Crippen LogP contribution in [-0.2, 0) is 0 Å². The molecule has 2 aromatic rings. The van der Waals surface area contributed by atoms with Crippen molar-refractivity contribution in [1.82, 2.24) is 15.0 Å². The molecule has 0 unspecified atom stereocenters. The number of pyridine rings is 1. The summed E-state index contributed by atoms with van der Waals surface area (Å²) in [7, 11) is 0. The molecule has 0 radical (unpaired) electrons. The molecular formula is C18H24N4. The van der Waals surface area contributed by atoms with E-state index < -0.39 is 0 Å². The van der Waals surface area contributed by atoms with Crippen LogP contribution in [0.15, 0.2) is 11.8 Å². The summed E-state index contributed by atoms with van der Waals surface area (Å²) in [5.74, 6) is 1.91. The molecule has 0 atom stereocenters. The molecule has 0 spiro atoms. The van der Waals surface area contributed by atoms with Gasteiger partial charge in [-0.1, -0.05) is 13.8 Å². The quantitative estimate of drug-likeness (QED) is 0.722. The molecule has 2 aliphatic rings. The molecule has 1 fully saturated rings. The molecular weight excluding hydrogens is 272 g/mol. The molecule has 22 heavy (non-hydrogen) atoms. The maximum atomic E-state index is 4.77. The van der Waals surface area contributed by atoms with Gasteiger partial charge in [-0.2, -0.15) is 0 Å². The van der Waals surface area contributed by atoms with E-state index in [1.807, 2.05) is 27.7 Å². The molecule has 4 heterocycles. The molecule has 116 valence electrons. The minimum Gasteiger partial charge on any atom is -0.329 e. The van der Waals surface area contributed by atoms with Gasteiger partial charge in [0.15, 0.2) is 0 Å². The Morgan fingerprint density at radius 1 is 1.00 bits per heavy atom. The first-order chi connectivity index (χ1) is 10.6. The van der Waals surface area contributed by atoms with Gasteiger partial charge in [0.05, 0.1) is 16.6 Å². The van der Waals surface area contributed by atoms with Crippen LogP contribution < -0.4 is 4.90 Å². The van der Waals surface area contributed by atoms with E-state index in [0.29, 0.717) is 0 Å². The predicted molar refractivity (Wildman–Crippen MR) is 91.9 cm³/mol. The smallest absolute Gasteiger partial charge is 0.146 e. The van der Waals surface area contributed by atoms with Crippen LogP contribution in [0.2, 0.25) is 0 Å². The van der Waals surface area contributed by atoms with Gasteiger partial charge in [-0.15, -0.1) is 0 Å². The van der Waals surface area contributed by atoms with Gasteiger partial charge < -0.3 is 4.90 Å². The van der Waals surface area contributed by atoms with Gasteiger partial charge in [-0.25, -0.2) is 9.97 Å². The molecule has 0 N–H and O–H groups in total. The number of aryl methyl sites for hydroxylation is 2. The van der Waals surface area contributed by atoms with Crippen LogP contribution in [0.5, 0.6) is 0 Å². The topological polar surface area (TPSA) is 41.9 Å². The van der Waals surface area contributed by atoms with Crippen LogP contribution in [0.4, 0.5) is 5.82 Å². The fraction of sp³-hybridized carbons (Fsp3) is 0.500. The van der Waals surface area contributed by atoms with E-state index >= 15 is 0 Å². The maximum Gasteiger partial charge on any atom is 0.146 e. The lowest BCUT2D eigenvalue weighted by molar-refractivity contribution is 0.634. The molecule has 4 heteroatoms. The number of aromatic nitrogens is 3. The Labute approximate surface area is 132 Å². The van der Waals surface area contributed by atoms with Gasteiger partial charge in [-0.05, 0) is 51.7 Å². The summed E-state index contributed by atoms with van der Waals surface area (Å²) in [4.78, 5) is 16.5. The minimum atomic E-state index is 0.841. The summed E-state index contributed by atoms with van der Waals surface area (Å²) in [6.07, 6.45) is 3.62. The first kappa shape index (κ1) is 14.9. The average molecular weight is 296 g/mol. The Morgan fingerprint density at radius 2 is 1.77 bits per heavy atom. The number of rotatable bonds is 0. The van der Waals surface area contributed by atoms with Crippen molar-refractivity contribution in [3.05, 3.63) is 29.0 Å². The third-order valence-corrected chi connectivity index (χ3v) is 4.32. The Balaban J connectivity index is 0.000000693. The van der Waals surface area contributed by atoms with Gasteiger partial charge in [0.1, 0.15) is 11.6 Å². The van der Waals surface area contributed by atoms with E-state index in [2.05, 4.69) is 22.9 Å². The molecule has 2 aliphatic heterocycles. The number of anilines is 1. The third-order valence-electron chi connectivity index (χ3n) is 4.32. The van der Waals surface area contributed by atoms with Crippen molar-refractivity contribution in [3.8, 4) is 0 Å². The van der Waals surface area contributed by atoms with E-state index in [0.717, 1.165) is 46.9 Å². The molecule has 0 amide bonds. The number of hydrogen-bond acceptors (Lipinski definition) is 4. The van der Waals surface area contributed by atoms with Crippen molar-refractivity contribution in [2.45, 2.75) is 53.9 Å². The van der Waals surface area contributed by atoms with Crippen LogP contribution in [0, 0.1) is 13.8 Å². The lowest BCUT2D eigenvalue weighted by atomic mass is 9.95. The summed E-state index contributed by atoms with van der Waals surface area (Å²) in [6, 6.07) is 2.07. The van der Waals surface area contributed by atoms with Crippen LogP contribution >= 0.6 is 0 Å². The number of nitrogens with zero attached hydrogens (tertiary/aromatic N) is 4. The summed E-state index contributed by atoms with van der Waals surface area (Å²) in [5, 5.41) is 1.13. The Morgan fingerprint density at radius 3 is 2.55 bits per heavy atom. The van der Waals surface area contributed by atoms with Gasteiger partial charge in [0.25, 0.3) is 0 Å². The lowest BCUT2D eigenvalue weighted by Gasteiger charge is -2.36. The average Bonchev–Trinajstić information content (AvgIpc) is 2.53. The van der Waals surface area contributed by atoms with Gasteiger partial charge in [0, 0.05) is 17.9 Å². The highest BCUT2D eigenvalue weighted by Gasteiger charge is 2.29. The zero-order valence-electron chi connectivity index (χ0n) is 14.2. The zero-order chi connectivity index (χ0) is 15.9. The second-order valence-electron chi connectivity index (χ2n) is 5.78. The van der Waals surface area contributed by atoms with Crippen molar-refractivity contribution in [2.75, 3.05) is 11.4 Å². The molecule has 2 aromatic heterocycles. The van der Waals surface area contributed by atoms with Gasteiger partial charge >= 0.3 is 0 Å². The Bertz CT molecular complexity index is 756. The highest BCUT2D eigenvalue weighted by Crippen LogP contribution is 2.42. The maximum absolute atomic E-state index is 4.77. The van der Waals surface area contributed by atoms with Crippen molar-refractivity contribution in [2.24, 2.45) is 0 Å². The second kappa shape index (κ2) is 5.67.